The second-order valence-electron chi connectivity index (χ2n) is 7.78. The third kappa shape index (κ3) is 3.37. The highest BCUT2D eigenvalue weighted by molar-refractivity contribution is 5.58. The van der Waals surface area contributed by atoms with Crippen LogP contribution in [0.5, 0.6) is 0 Å². The van der Waals surface area contributed by atoms with Gasteiger partial charge in [-0.05, 0) is 56.1 Å². The van der Waals surface area contributed by atoms with Crippen molar-refractivity contribution in [3.8, 4) is 0 Å². The fraction of sp³-hybridized carbons (Fsp3) is 0.684. The molecule has 1 fully saturated rings. The first-order valence-electron chi connectivity index (χ1n) is 8.13. The lowest BCUT2D eigenvalue weighted by atomic mass is 9.69. The largest absolute Gasteiger partial charge is 0.382 e. The highest BCUT2D eigenvalue weighted by Crippen LogP contribution is 2.40. The maximum absolute atomic E-state index is 3.90. The Morgan fingerprint density at radius 3 is 2.05 bits per heavy atom. The van der Waals surface area contributed by atoms with Gasteiger partial charge in [-0.15, -0.1) is 0 Å². The zero-order valence-corrected chi connectivity index (χ0v) is 14.1. The van der Waals surface area contributed by atoms with Gasteiger partial charge in [-0.25, -0.2) is 0 Å². The van der Waals surface area contributed by atoms with Gasteiger partial charge in [-0.2, -0.15) is 0 Å². The van der Waals surface area contributed by atoms with Crippen LogP contribution in [0.3, 0.4) is 0 Å². The summed E-state index contributed by atoms with van der Waals surface area (Å²) in [7, 11) is 0. The maximum atomic E-state index is 3.90. The van der Waals surface area contributed by atoms with Crippen LogP contribution < -0.4 is 5.32 Å². The predicted molar refractivity (Wildman–Crippen MR) is 89.5 cm³/mol. The SMILES string of the molecule is Cc1cc(C)c(NC2CCCCC2C(C)(C)C)c(C)c1. The maximum Gasteiger partial charge on any atom is 0.0402 e. The van der Waals surface area contributed by atoms with Crippen LogP contribution in [0.1, 0.15) is 63.1 Å². The summed E-state index contributed by atoms with van der Waals surface area (Å²) in [5.41, 5.74) is 5.91. The Kier molecular flexibility index (Phi) is 4.46. The van der Waals surface area contributed by atoms with Crippen LogP contribution in [0.2, 0.25) is 0 Å². The van der Waals surface area contributed by atoms with Crippen LogP contribution in [0.25, 0.3) is 0 Å². The molecule has 2 unspecified atom stereocenters. The molecule has 0 aliphatic heterocycles. The fourth-order valence-corrected chi connectivity index (χ4v) is 3.93. The zero-order chi connectivity index (χ0) is 14.9. The number of benzene rings is 1. The summed E-state index contributed by atoms with van der Waals surface area (Å²) >= 11 is 0. The third-order valence-electron chi connectivity index (χ3n) is 4.89. The summed E-state index contributed by atoms with van der Waals surface area (Å²) in [6, 6.07) is 5.22. The van der Waals surface area contributed by atoms with Gasteiger partial charge in [0, 0.05) is 11.7 Å². The number of anilines is 1. The van der Waals surface area contributed by atoms with E-state index in [-0.39, 0.29) is 0 Å². The Morgan fingerprint density at radius 2 is 1.50 bits per heavy atom. The first-order chi connectivity index (χ1) is 9.29. The predicted octanol–water partition coefficient (Wildman–Crippen LogP) is 5.63. The summed E-state index contributed by atoms with van der Waals surface area (Å²) in [6.45, 7) is 13.8. The Morgan fingerprint density at radius 1 is 0.950 bits per heavy atom. The van der Waals surface area contributed by atoms with Crippen molar-refractivity contribution < 1.29 is 0 Å². The van der Waals surface area contributed by atoms with Crippen LogP contribution >= 0.6 is 0 Å². The van der Waals surface area contributed by atoms with E-state index in [1.165, 1.54) is 48.1 Å². The lowest BCUT2D eigenvalue weighted by Crippen LogP contribution is -2.40. The Labute approximate surface area is 125 Å². The van der Waals surface area contributed by atoms with E-state index < -0.39 is 0 Å². The Balaban J connectivity index is 2.23. The van der Waals surface area contributed by atoms with Crippen molar-refractivity contribution in [3.05, 3.63) is 28.8 Å². The summed E-state index contributed by atoms with van der Waals surface area (Å²) in [5, 5.41) is 3.90. The molecule has 1 aliphatic rings. The normalized spacial score (nSPS) is 23.7. The minimum absolute atomic E-state index is 0.393. The monoisotopic (exact) mass is 273 g/mol. The first kappa shape index (κ1) is 15.4. The molecule has 0 heterocycles. The van der Waals surface area contributed by atoms with Crippen molar-refractivity contribution in [1.29, 1.82) is 0 Å². The summed E-state index contributed by atoms with van der Waals surface area (Å²) in [6.07, 6.45) is 5.44. The standard InChI is InChI=1S/C19H31N/c1-13-11-14(2)18(15(3)12-13)20-17-10-8-7-9-16(17)19(4,5)6/h11-12,16-17,20H,7-10H2,1-6H3. The van der Waals surface area contributed by atoms with E-state index in [4.69, 9.17) is 0 Å². The van der Waals surface area contributed by atoms with Gasteiger partial charge in [0.05, 0.1) is 0 Å². The van der Waals surface area contributed by atoms with E-state index in [0.29, 0.717) is 11.5 Å². The first-order valence-corrected chi connectivity index (χ1v) is 8.13. The van der Waals surface area contributed by atoms with Gasteiger partial charge in [0.1, 0.15) is 0 Å². The molecule has 2 atom stereocenters. The van der Waals surface area contributed by atoms with Crippen molar-refractivity contribution in [3.63, 3.8) is 0 Å². The van der Waals surface area contributed by atoms with Gasteiger partial charge in [-0.1, -0.05) is 51.3 Å². The van der Waals surface area contributed by atoms with Gasteiger partial charge < -0.3 is 5.32 Å². The van der Waals surface area contributed by atoms with E-state index in [1.54, 1.807) is 0 Å². The van der Waals surface area contributed by atoms with Crippen LogP contribution in [0.15, 0.2) is 12.1 Å². The van der Waals surface area contributed by atoms with E-state index in [0.717, 1.165) is 5.92 Å². The second-order valence-corrected chi connectivity index (χ2v) is 7.78. The minimum atomic E-state index is 0.393. The topological polar surface area (TPSA) is 12.0 Å². The van der Waals surface area contributed by atoms with Crippen LogP contribution in [0, 0.1) is 32.1 Å². The summed E-state index contributed by atoms with van der Waals surface area (Å²) < 4.78 is 0. The molecule has 0 saturated heterocycles. The van der Waals surface area contributed by atoms with Crippen LogP contribution in [-0.4, -0.2) is 6.04 Å². The van der Waals surface area contributed by atoms with Crippen molar-refractivity contribution in [2.24, 2.45) is 11.3 Å². The highest BCUT2D eigenvalue weighted by Gasteiger charge is 2.34. The lowest BCUT2D eigenvalue weighted by Gasteiger charge is -2.41. The van der Waals surface area contributed by atoms with E-state index in [1.807, 2.05) is 0 Å². The fourth-order valence-electron chi connectivity index (χ4n) is 3.93. The van der Waals surface area contributed by atoms with Gasteiger partial charge >= 0.3 is 0 Å². The molecule has 2 rings (SSSR count). The van der Waals surface area contributed by atoms with Crippen LogP contribution in [0.4, 0.5) is 5.69 Å². The van der Waals surface area contributed by atoms with Crippen molar-refractivity contribution in [2.75, 3.05) is 5.32 Å². The van der Waals surface area contributed by atoms with E-state index in [2.05, 4.69) is 59.0 Å². The molecule has 20 heavy (non-hydrogen) atoms. The number of hydrogen-bond donors (Lipinski definition) is 1. The van der Waals surface area contributed by atoms with Crippen molar-refractivity contribution in [2.45, 2.75) is 73.3 Å². The van der Waals surface area contributed by atoms with Gasteiger partial charge in [-0.3, -0.25) is 0 Å². The number of nitrogens with one attached hydrogen (secondary N) is 1. The highest BCUT2D eigenvalue weighted by atomic mass is 14.9. The molecule has 1 aromatic rings. The molecule has 0 aromatic heterocycles. The number of hydrogen-bond acceptors (Lipinski definition) is 1. The van der Waals surface area contributed by atoms with Gasteiger partial charge in [0.2, 0.25) is 0 Å². The van der Waals surface area contributed by atoms with E-state index in [9.17, 15) is 0 Å². The molecular weight excluding hydrogens is 242 g/mol. The lowest BCUT2D eigenvalue weighted by molar-refractivity contribution is 0.163. The van der Waals surface area contributed by atoms with Crippen molar-refractivity contribution in [1.82, 2.24) is 0 Å². The quantitative estimate of drug-likeness (QED) is 0.736. The molecule has 1 nitrogen and oxygen atoms in total. The smallest absolute Gasteiger partial charge is 0.0402 e. The summed E-state index contributed by atoms with van der Waals surface area (Å²) in [5.74, 6) is 0.774. The summed E-state index contributed by atoms with van der Waals surface area (Å²) in [4.78, 5) is 0. The molecular formula is C19H31N. The molecule has 1 heteroatoms. The molecule has 0 radical (unpaired) electrons. The Hall–Kier alpha value is -0.980. The molecule has 1 aromatic carbocycles. The van der Waals surface area contributed by atoms with Crippen molar-refractivity contribution >= 4 is 5.69 Å². The molecule has 1 aliphatic carbocycles. The molecule has 1 N–H and O–H groups in total. The molecule has 0 spiro atoms. The average Bonchev–Trinajstić information content (AvgIpc) is 2.33. The minimum Gasteiger partial charge on any atom is -0.382 e. The number of rotatable bonds is 2. The molecule has 0 amide bonds. The van der Waals surface area contributed by atoms with E-state index >= 15 is 0 Å². The third-order valence-corrected chi connectivity index (χ3v) is 4.89. The van der Waals surface area contributed by atoms with Gasteiger partial charge in [0.15, 0.2) is 0 Å². The van der Waals surface area contributed by atoms with Crippen LogP contribution in [-0.2, 0) is 0 Å². The molecule has 112 valence electrons. The molecule has 0 bridgehead atoms. The zero-order valence-electron chi connectivity index (χ0n) is 14.1. The molecule has 1 saturated carbocycles. The number of aryl methyl sites for hydroxylation is 3. The average molecular weight is 273 g/mol. The Bertz CT molecular complexity index is 444. The second kappa shape index (κ2) is 5.79. The van der Waals surface area contributed by atoms with Gasteiger partial charge in [0.25, 0.3) is 0 Å².